The first-order valence-corrected chi connectivity index (χ1v) is 2.53. The quantitative estimate of drug-likeness (QED) is 0.409. The van der Waals surface area contributed by atoms with Gasteiger partial charge in [-0.25, -0.2) is 5.32 Å². The van der Waals surface area contributed by atoms with Crippen molar-refractivity contribution in [3.05, 3.63) is 0 Å². The molecule has 0 saturated carbocycles. The Labute approximate surface area is 38.7 Å². The van der Waals surface area contributed by atoms with E-state index < -0.39 is 0 Å². The Morgan fingerprint density at radius 3 is 2.67 bits per heavy atom. The summed E-state index contributed by atoms with van der Waals surface area (Å²) < 4.78 is 0. The highest BCUT2D eigenvalue weighted by Gasteiger charge is 2.07. The number of hydrogen-bond donors (Lipinski definition) is 0. The second-order valence-electron chi connectivity index (χ2n) is 2.02. The van der Waals surface area contributed by atoms with Gasteiger partial charge in [0.25, 0.3) is 0 Å². The van der Waals surface area contributed by atoms with Crippen LogP contribution >= 0.6 is 0 Å². The largest absolute Gasteiger partial charge is 0.242 e. The first-order chi connectivity index (χ1) is 2.89. The molecule has 0 amide bonds. The predicted octanol–water partition coefficient (Wildman–Crippen LogP) is 0.631. The third-order valence-electron chi connectivity index (χ3n) is 1.22. The summed E-state index contributed by atoms with van der Waals surface area (Å²) in [6.07, 6.45) is 1.32. The minimum absolute atomic E-state index is 0.880. The fraction of sp³-hybridized carbons (Fsp3) is 1.00. The fourth-order valence-corrected chi connectivity index (χ4v) is 0.715. The molecule has 0 aromatic heterocycles. The molecule has 1 saturated heterocycles. The predicted molar refractivity (Wildman–Crippen MR) is 25.6 cm³/mol. The third kappa shape index (κ3) is 0.716. The Morgan fingerprint density at radius 2 is 2.50 bits per heavy atom. The van der Waals surface area contributed by atoms with Crippen molar-refractivity contribution in [2.75, 3.05) is 13.1 Å². The van der Waals surface area contributed by atoms with Crippen molar-refractivity contribution in [1.29, 1.82) is 0 Å². The molecule has 1 fully saturated rings. The zero-order chi connectivity index (χ0) is 4.41. The van der Waals surface area contributed by atoms with Crippen LogP contribution < -0.4 is 5.32 Å². The first kappa shape index (κ1) is 4.13. The zero-order valence-corrected chi connectivity index (χ0v) is 4.15. The van der Waals surface area contributed by atoms with Crippen LogP contribution in [0.3, 0.4) is 0 Å². The maximum absolute atomic E-state index is 4.16. The van der Waals surface area contributed by atoms with Crippen LogP contribution in [0.4, 0.5) is 0 Å². The van der Waals surface area contributed by atoms with Gasteiger partial charge >= 0.3 is 0 Å². The average molecular weight is 84.1 g/mol. The molecule has 0 spiro atoms. The van der Waals surface area contributed by atoms with Gasteiger partial charge < -0.3 is 0 Å². The second-order valence-corrected chi connectivity index (χ2v) is 2.02. The van der Waals surface area contributed by atoms with Crippen LogP contribution in [0.1, 0.15) is 13.3 Å². The minimum atomic E-state index is 0.880. The first-order valence-electron chi connectivity index (χ1n) is 2.53. The Bertz CT molecular complexity index is 37.2. The number of hydrogen-bond acceptors (Lipinski definition) is 0. The van der Waals surface area contributed by atoms with Crippen molar-refractivity contribution < 1.29 is 0 Å². The standard InChI is InChI=1S/C5H10N/c1-5-2-3-6-4-5/h5H,2-4H2,1H3. The van der Waals surface area contributed by atoms with Crippen LogP contribution in [-0.4, -0.2) is 13.1 Å². The molecule has 35 valence electrons. The fourth-order valence-electron chi connectivity index (χ4n) is 0.715. The van der Waals surface area contributed by atoms with Gasteiger partial charge in [-0.2, -0.15) is 0 Å². The van der Waals surface area contributed by atoms with Gasteiger partial charge in [0, 0.05) is 13.1 Å². The number of nitrogens with zero attached hydrogens (tertiary/aromatic N) is 1. The van der Waals surface area contributed by atoms with Gasteiger partial charge in [-0.3, -0.25) is 0 Å². The lowest BCUT2D eigenvalue weighted by Gasteiger charge is -1.89. The molecular weight excluding hydrogens is 74.1 g/mol. The summed E-state index contributed by atoms with van der Waals surface area (Å²) in [5.41, 5.74) is 0. The Morgan fingerprint density at radius 1 is 1.67 bits per heavy atom. The molecule has 1 radical (unpaired) electrons. The average Bonchev–Trinajstić information content (AvgIpc) is 1.86. The maximum Gasteiger partial charge on any atom is 0.0159 e. The third-order valence-corrected chi connectivity index (χ3v) is 1.22. The van der Waals surface area contributed by atoms with Gasteiger partial charge in [-0.15, -0.1) is 0 Å². The van der Waals surface area contributed by atoms with E-state index >= 15 is 0 Å². The summed E-state index contributed by atoms with van der Waals surface area (Å²) >= 11 is 0. The summed E-state index contributed by atoms with van der Waals surface area (Å²) in [5, 5.41) is 4.16. The van der Waals surface area contributed by atoms with Gasteiger partial charge in [-0.05, 0) is 12.3 Å². The summed E-state index contributed by atoms with van der Waals surface area (Å²) in [7, 11) is 0. The highest BCUT2D eigenvalue weighted by Crippen LogP contribution is 2.04. The zero-order valence-electron chi connectivity index (χ0n) is 4.15. The minimum Gasteiger partial charge on any atom is -0.242 e. The van der Waals surface area contributed by atoms with Crippen LogP contribution in [0.2, 0.25) is 0 Å². The van der Waals surface area contributed by atoms with E-state index in [1.54, 1.807) is 0 Å². The summed E-state index contributed by atoms with van der Waals surface area (Å²) in [6, 6.07) is 0. The van der Waals surface area contributed by atoms with Crippen molar-refractivity contribution in [2.24, 2.45) is 5.92 Å². The van der Waals surface area contributed by atoms with E-state index in [0.29, 0.717) is 0 Å². The van der Waals surface area contributed by atoms with E-state index in [0.717, 1.165) is 19.0 Å². The Balaban J connectivity index is 2.18. The van der Waals surface area contributed by atoms with Crippen molar-refractivity contribution in [3.8, 4) is 0 Å². The van der Waals surface area contributed by atoms with Gasteiger partial charge in [0.05, 0.1) is 0 Å². The molecule has 0 bridgehead atoms. The maximum atomic E-state index is 4.16. The second kappa shape index (κ2) is 1.61. The molecule has 1 aliphatic heterocycles. The summed E-state index contributed by atoms with van der Waals surface area (Å²) in [4.78, 5) is 0. The van der Waals surface area contributed by atoms with Crippen LogP contribution in [0, 0.1) is 5.92 Å². The Kier molecular flexibility index (Phi) is 1.10. The van der Waals surface area contributed by atoms with Crippen molar-refractivity contribution >= 4 is 0 Å². The summed E-state index contributed by atoms with van der Waals surface area (Å²) in [6.45, 7) is 4.47. The van der Waals surface area contributed by atoms with Gasteiger partial charge in [0.2, 0.25) is 0 Å². The Hall–Kier alpha value is -0.0400. The molecule has 0 N–H and O–H groups in total. The van der Waals surface area contributed by atoms with Crippen LogP contribution in [0.25, 0.3) is 0 Å². The molecular formula is C5H10N. The van der Waals surface area contributed by atoms with Crippen molar-refractivity contribution in [1.82, 2.24) is 5.32 Å². The van der Waals surface area contributed by atoms with Gasteiger partial charge in [0.15, 0.2) is 0 Å². The van der Waals surface area contributed by atoms with E-state index in [2.05, 4.69) is 12.2 Å². The molecule has 1 nitrogen and oxygen atoms in total. The lowest BCUT2D eigenvalue weighted by molar-refractivity contribution is 0.649. The molecule has 0 aromatic rings. The van der Waals surface area contributed by atoms with E-state index in [1.165, 1.54) is 6.42 Å². The van der Waals surface area contributed by atoms with Gasteiger partial charge in [-0.1, -0.05) is 6.92 Å². The smallest absolute Gasteiger partial charge is 0.0159 e. The molecule has 1 rings (SSSR count). The van der Waals surface area contributed by atoms with E-state index in [4.69, 9.17) is 0 Å². The molecule has 1 unspecified atom stereocenters. The van der Waals surface area contributed by atoms with Crippen LogP contribution in [-0.2, 0) is 0 Å². The number of rotatable bonds is 0. The van der Waals surface area contributed by atoms with E-state index in [-0.39, 0.29) is 0 Å². The van der Waals surface area contributed by atoms with E-state index in [1.807, 2.05) is 0 Å². The SMILES string of the molecule is CC1CC[N]C1. The highest BCUT2D eigenvalue weighted by molar-refractivity contribution is 4.64. The molecule has 1 atom stereocenters. The highest BCUT2D eigenvalue weighted by atomic mass is 14.9. The van der Waals surface area contributed by atoms with Crippen molar-refractivity contribution in [2.45, 2.75) is 13.3 Å². The molecule has 1 heteroatoms. The molecule has 1 aliphatic rings. The van der Waals surface area contributed by atoms with Crippen molar-refractivity contribution in [3.63, 3.8) is 0 Å². The van der Waals surface area contributed by atoms with Crippen LogP contribution in [0.5, 0.6) is 0 Å². The molecule has 0 aliphatic carbocycles. The molecule has 1 heterocycles. The van der Waals surface area contributed by atoms with E-state index in [9.17, 15) is 0 Å². The summed E-state index contributed by atoms with van der Waals surface area (Å²) in [5.74, 6) is 0.880. The molecule has 0 aromatic carbocycles. The topological polar surface area (TPSA) is 14.1 Å². The lowest BCUT2D eigenvalue weighted by atomic mass is 10.2. The normalized spacial score (nSPS) is 34.5. The van der Waals surface area contributed by atoms with Gasteiger partial charge in [0.1, 0.15) is 0 Å². The lowest BCUT2D eigenvalue weighted by Crippen LogP contribution is -1.97. The monoisotopic (exact) mass is 84.1 g/mol. The molecule has 6 heavy (non-hydrogen) atoms. The van der Waals surface area contributed by atoms with Crippen LogP contribution in [0.15, 0.2) is 0 Å².